The maximum absolute atomic E-state index is 13.1. The van der Waals surface area contributed by atoms with Crippen LogP contribution in [0.5, 0.6) is 11.5 Å². The van der Waals surface area contributed by atoms with E-state index in [0.717, 1.165) is 31.9 Å². The maximum atomic E-state index is 13.1. The Labute approximate surface area is 166 Å². The van der Waals surface area contributed by atoms with Crippen molar-refractivity contribution in [3.05, 3.63) is 22.7 Å². The predicted octanol–water partition coefficient (Wildman–Crippen LogP) is 2.68. The van der Waals surface area contributed by atoms with Crippen LogP contribution in [0, 0.1) is 0 Å². The number of hydrogen-bond donors (Lipinski definition) is 1. The minimum absolute atomic E-state index is 0.193. The number of hydrogen-bond acceptors (Lipinski definition) is 5. The van der Waals surface area contributed by atoms with Crippen LogP contribution >= 0.6 is 11.6 Å². The molecule has 1 unspecified atom stereocenters. The molecule has 1 aromatic carbocycles. The zero-order chi connectivity index (χ0) is 20.0. The smallest absolute Gasteiger partial charge is 0.254 e. The van der Waals surface area contributed by atoms with Gasteiger partial charge in [-0.3, -0.25) is 4.79 Å². The molecule has 0 spiro atoms. The zero-order valence-electron chi connectivity index (χ0n) is 16.0. The summed E-state index contributed by atoms with van der Waals surface area (Å²) in [6.07, 6.45) is 4.51. The van der Waals surface area contributed by atoms with Crippen molar-refractivity contribution in [3.8, 4) is 11.5 Å². The molecule has 152 valence electrons. The number of rotatable bonds is 8. The third-order valence-electron chi connectivity index (χ3n) is 4.40. The van der Waals surface area contributed by atoms with Gasteiger partial charge in [-0.2, -0.15) is 0 Å². The SMILES string of the molecule is CCCOc1c(Cl)cc(C(=O)N2CCCCC2CNS(C)(=O)=O)cc1OC. The van der Waals surface area contributed by atoms with Crippen molar-refractivity contribution in [1.82, 2.24) is 9.62 Å². The van der Waals surface area contributed by atoms with Gasteiger partial charge in [-0.1, -0.05) is 18.5 Å². The van der Waals surface area contributed by atoms with Crippen LogP contribution in [0.3, 0.4) is 0 Å². The van der Waals surface area contributed by atoms with Crippen molar-refractivity contribution in [2.75, 3.05) is 33.1 Å². The van der Waals surface area contributed by atoms with Gasteiger partial charge in [-0.25, -0.2) is 13.1 Å². The first-order valence-electron chi connectivity index (χ1n) is 9.02. The van der Waals surface area contributed by atoms with E-state index >= 15 is 0 Å². The lowest BCUT2D eigenvalue weighted by Gasteiger charge is -2.36. The molecule has 1 N–H and O–H groups in total. The standard InChI is InChI=1S/C18H27ClN2O5S/c1-4-9-26-17-15(19)10-13(11-16(17)25-2)18(22)21-8-6-5-7-14(21)12-20-27(3,23)24/h10-11,14,20H,4-9,12H2,1-3H3. The molecule has 9 heteroatoms. The van der Waals surface area contributed by atoms with Crippen molar-refractivity contribution in [2.45, 2.75) is 38.6 Å². The Hall–Kier alpha value is -1.51. The van der Waals surface area contributed by atoms with Gasteiger partial charge in [0, 0.05) is 24.7 Å². The highest BCUT2D eigenvalue weighted by atomic mass is 35.5. The second-order valence-corrected chi connectivity index (χ2v) is 8.85. The molecule has 1 aliphatic heterocycles. The van der Waals surface area contributed by atoms with Crippen molar-refractivity contribution in [3.63, 3.8) is 0 Å². The second-order valence-electron chi connectivity index (χ2n) is 6.61. The summed E-state index contributed by atoms with van der Waals surface area (Å²) in [5, 5.41) is 0.314. The Bertz CT molecular complexity index is 769. The number of ether oxygens (including phenoxy) is 2. The largest absolute Gasteiger partial charge is 0.493 e. The first kappa shape index (κ1) is 21.8. The summed E-state index contributed by atoms with van der Waals surface area (Å²) in [7, 11) is -1.82. The molecule has 1 aromatic rings. The minimum Gasteiger partial charge on any atom is -0.493 e. The molecule has 1 saturated heterocycles. The summed E-state index contributed by atoms with van der Waals surface area (Å²) in [6.45, 7) is 3.25. The molecule has 1 fully saturated rings. The summed E-state index contributed by atoms with van der Waals surface area (Å²) in [5.74, 6) is 0.630. The number of methoxy groups -OCH3 is 1. The summed E-state index contributed by atoms with van der Waals surface area (Å²) in [5.41, 5.74) is 0.395. The van der Waals surface area contributed by atoms with Gasteiger partial charge in [0.05, 0.1) is 25.0 Å². The number of carbonyl (C=O) groups excluding carboxylic acids is 1. The highest BCUT2D eigenvalue weighted by Crippen LogP contribution is 2.37. The van der Waals surface area contributed by atoms with E-state index in [-0.39, 0.29) is 18.5 Å². The fourth-order valence-electron chi connectivity index (χ4n) is 3.08. The Kier molecular flexibility index (Phi) is 7.76. The normalized spacial score (nSPS) is 17.6. The molecule has 27 heavy (non-hydrogen) atoms. The predicted molar refractivity (Wildman–Crippen MR) is 105 cm³/mol. The molecule has 0 aliphatic carbocycles. The van der Waals surface area contributed by atoms with Gasteiger partial charge in [0.25, 0.3) is 5.91 Å². The van der Waals surface area contributed by atoms with Crippen LogP contribution in [0.15, 0.2) is 12.1 Å². The second kappa shape index (κ2) is 9.61. The molecular weight excluding hydrogens is 392 g/mol. The number of likely N-dealkylation sites (tertiary alicyclic amines) is 1. The van der Waals surface area contributed by atoms with Gasteiger partial charge in [0.2, 0.25) is 10.0 Å². The number of carbonyl (C=O) groups is 1. The molecule has 1 amide bonds. The van der Waals surface area contributed by atoms with Crippen LogP contribution < -0.4 is 14.2 Å². The van der Waals surface area contributed by atoms with E-state index in [2.05, 4.69) is 4.72 Å². The van der Waals surface area contributed by atoms with Gasteiger partial charge < -0.3 is 14.4 Å². The van der Waals surface area contributed by atoms with Crippen molar-refractivity contribution in [2.24, 2.45) is 0 Å². The zero-order valence-corrected chi connectivity index (χ0v) is 17.5. The Balaban J connectivity index is 2.24. The van der Waals surface area contributed by atoms with Gasteiger partial charge in [-0.15, -0.1) is 0 Å². The first-order chi connectivity index (χ1) is 12.8. The van der Waals surface area contributed by atoms with Gasteiger partial charge in [-0.05, 0) is 37.8 Å². The summed E-state index contributed by atoms with van der Waals surface area (Å²) in [4.78, 5) is 14.8. The van der Waals surface area contributed by atoms with Gasteiger partial charge in [0.15, 0.2) is 11.5 Å². The Morgan fingerprint density at radius 1 is 1.37 bits per heavy atom. The Morgan fingerprint density at radius 2 is 2.11 bits per heavy atom. The van der Waals surface area contributed by atoms with E-state index in [0.29, 0.717) is 35.2 Å². The summed E-state index contributed by atoms with van der Waals surface area (Å²) >= 11 is 6.32. The molecule has 1 heterocycles. The third kappa shape index (κ3) is 5.99. The Morgan fingerprint density at radius 3 is 2.74 bits per heavy atom. The van der Waals surface area contributed by atoms with E-state index in [1.165, 1.54) is 7.11 Å². The van der Waals surface area contributed by atoms with E-state index < -0.39 is 10.0 Å². The quantitative estimate of drug-likeness (QED) is 0.701. The van der Waals surface area contributed by atoms with Crippen LogP contribution in [0.1, 0.15) is 43.0 Å². The average Bonchev–Trinajstić information content (AvgIpc) is 2.64. The van der Waals surface area contributed by atoms with Crippen molar-refractivity contribution in [1.29, 1.82) is 0 Å². The van der Waals surface area contributed by atoms with Crippen LogP contribution in [0.25, 0.3) is 0 Å². The van der Waals surface area contributed by atoms with Gasteiger partial charge >= 0.3 is 0 Å². The number of nitrogens with zero attached hydrogens (tertiary/aromatic N) is 1. The highest BCUT2D eigenvalue weighted by Gasteiger charge is 2.29. The van der Waals surface area contributed by atoms with Crippen molar-refractivity contribution >= 4 is 27.5 Å². The number of amides is 1. The first-order valence-corrected chi connectivity index (χ1v) is 11.3. The van der Waals surface area contributed by atoms with E-state index in [1.807, 2.05) is 6.92 Å². The van der Waals surface area contributed by atoms with Crippen LogP contribution in [0.2, 0.25) is 5.02 Å². The highest BCUT2D eigenvalue weighted by molar-refractivity contribution is 7.88. The van der Waals surface area contributed by atoms with Crippen molar-refractivity contribution < 1.29 is 22.7 Å². The minimum atomic E-state index is -3.31. The van der Waals surface area contributed by atoms with E-state index in [9.17, 15) is 13.2 Å². The van der Waals surface area contributed by atoms with Crippen LogP contribution in [-0.2, 0) is 10.0 Å². The molecule has 0 saturated carbocycles. The molecule has 0 bridgehead atoms. The van der Waals surface area contributed by atoms with E-state index in [4.69, 9.17) is 21.1 Å². The summed E-state index contributed by atoms with van der Waals surface area (Å²) in [6, 6.07) is 3.00. The number of piperidine rings is 1. The fraction of sp³-hybridized carbons (Fsp3) is 0.611. The molecule has 1 aliphatic rings. The van der Waals surface area contributed by atoms with E-state index in [1.54, 1.807) is 17.0 Å². The lowest BCUT2D eigenvalue weighted by Crippen LogP contribution is -2.49. The number of halogens is 1. The molecule has 1 atom stereocenters. The monoisotopic (exact) mass is 418 g/mol. The third-order valence-corrected chi connectivity index (χ3v) is 5.37. The number of sulfonamides is 1. The molecule has 0 aromatic heterocycles. The molecule has 0 radical (unpaired) electrons. The lowest BCUT2D eigenvalue weighted by atomic mass is 10.0. The summed E-state index contributed by atoms with van der Waals surface area (Å²) < 4.78 is 36.3. The van der Waals surface area contributed by atoms with Crippen LogP contribution in [0.4, 0.5) is 0 Å². The molecular formula is C18H27ClN2O5S. The van der Waals surface area contributed by atoms with Gasteiger partial charge in [0.1, 0.15) is 0 Å². The maximum Gasteiger partial charge on any atom is 0.254 e. The molecule has 7 nitrogen and oxygen atoms in total. The fourth-order valence-corrected chi connectivity index (χ4v) is 3.84. The topological polar surface area (TPSA) is 84.9 Å². The molecule has 2 rings (SSSR count). The lowest BCUT2D eigenvalue weighted by molar-refractivity contribution is 0.0618. The number of benzene rings is 1. The van der Waals surface area contributed by atoms with Crippen LogP contribution in [-0.4, -0.2) is 58.3 Å². The average molecular weight is 419 g/mol. The number of nitrogens with one attached hydrogen (secondary N) is 1.